The Balaban J connectivity index is 2.54. The second-order valence-electron chi connectivity index (χ2n) is 4.91. The van der Waals surface area contributed by atoms with Crippen LogP contribution in [0.4, 0.5) is 0 Å². The number of carboxylic acid groups (broad SMARTS) is 1. The maximum absolute atomic E-state index is 12.1. The van der Waals surface area contributed by atoms with Gasteiger partial charge in [-0.1, -0.05) is 19.8 Å². The molecule has 1 amide bonds. The fraction of sp³-hybridized carbons (Fsp3) is 0.833. The van der Waals surface area contributed by atoms with Crippen molar-refractivity contribution in [2.45, 2.75) is 45.1 Å². The Morgan fingerprint density at radius 2 is 2.00 bits per heavy atom. The van der Waals surface area contributed by atoms with Gasteiger partial charge < -0.3 is 10.4 Å². The number of carboxylic acids is 1. The zero-order chi connectivity index (χ0) is 12.9. The average Bonchev–Trinajstić information content (AvgIpc) is 2.72. The molecule has 4 nitrogen and oxygen atoms in total. The first-order valence-corrected chi connectivity index (χ1v) is 7.42. The van der Waals surface area contributed by atoms with Gasteiger partial charge in [-0.15, -0.1) is 0 Å². The molecule has 0 spiro atoms. The molecule has 0 aromatic heterocycles. The van der Waals surface area contributed by atoms with Crippen LogP contribution in [-0.4, -0.2) is 35.0 Å². The van der Waals surface area contributed by atoms with Crippen molar-refractivity contribution < 1.29 is 14.7 Å². The Hall–Kier alpha value is -0.710. The van der Waals surface area contributed by atoms with Gasteiger partial charge in [0.25, 0.3) is 0 Å². The first kappa shape index (κ1) is 14.4. The summed E-state index contributed by atoms with van der Waals surface area (Å²) in [6.07, 6.45) is 6.28. The minimum Gasteiger partial charge on any atom is -0.480 e. The molecule has 2 N–H and O–H groups in total. The number of hydrogen-bond donors (Lipinski definition) is 2. The number of carbonyl (C=O) groups is 2. The van der Waals surface area contributed by atoms with Crippen molar-refractivity contribution in [3.8, 4) is 0 Å². The molecule has 1 saturated carbocycles. The summed E-state index contributed by atoms with van der Waals surface area (Å²) in [6, 6.07) is -0.743. The summed E-state index contributed by atoms with van der Waals surface area (Å²) in [5, 5.41) is 11.7. The minimum atomic E-state index is -0.936. The molecule has 0 aromatic rings. The van der Waals surface area contributed by atoms with E-state index < -0.39 is 12.0 Å². The lowest BCUT2D eigenvalue weighted by Crippen LogP contribution is -2.47. The van der Waals surface area contributed by atoms with Crippen LogP contribution in [0.25, 0.3) is 0 Å². The van der Waals surface area contributed by atoms with Crippen LogP contribution in [0.2, 0.25) is 0 Å². The van der Waals surface area contributed by atoms with Crippen LogP contribution in [0.1, 0.15) is 39.0 Å². The molecule has 0 radical (unpaired) electrons. The summed E-state index contributed by atoms with van der Waals surface area (Å²) < 4.78 is 0. The largest absolute Gasteiger partial charge is 0.480 e. The number of carbonyl (C=O) groups excluding carboxylic acids is 1. The molecule has 1 fully saturated rings. The molecule has 0 bridgehead atoms. The van der Waals surface area contributed by atoms with E-state index in [-0.39, 0.29) is 11.3 Å². The summed E-state index contributed by atoms with van der Waals surface area (Å²) in [5.41, 5.74) is -0.354. The number of hydrogen-bond acceptors (Lipinski definition) is 3. The molecule has 1 unspecified atom stereocenters. The van der Waals surface area contributed by atoms with Gasteiger partial charge in [-0.25, -0.2) is 4.79 Å². The molecule has 98 valence electrons. The van der Waals surface area contributed by atoms with E-state index in [9.17, 15) is 9.59 Å². The van der Waals surface area contributed by atoms with E-state index in [1.807, 2.05) is 13.2 Å². The van der Waals surface area contributed by atoms with Crippen molar-refractivity contribution in [1.29, 1.82) is 0 Å². The molecule has 1 aliphatic carbocycles. The van der Waals surface area contributed by atoms with Crippen molar-refractivity contribution in [1.82, 2.24) is 5.32 Å². The van der Waals surface area contributed by atoms with Gasteiger partial charge >= 0.3 is 5.97 Å². The summed E-state index contributed by atoms with van der Waals surface area (Å²) in [7, 11) is 0. The highest BCUT2D eigenvalue weighted by Crippen LogP contribution is 2.37. The summed E-state index contributed by atoms with van der Waals surface area (Å²) >= 11 is 1.59. The number of aliphatic carboxylic acids is 1. The summed E-state index contributed by atoms with van der Waals surface area (Å²) in [6.45, 7) is 1.93. The van der Waals surface area contributed by atoms with E-state index >= 15 is 0 Å². The van der Waals surface area contributed by atoms with E-state index in [1.54, 1.807) is 11.8 Å². The van der Waals surface area contributed by atoms with Crippen molar-refractivity contribution in [3.63, 3.8) is 0 Å². The van der Waals surface area contributed by atoms with Gasteiger partial charge in [0, 0.05) is 5.41 Å². The first-order valence-electron chi connectivity index (χ1n) is 6.02. The monoisotopic (exact) mass is 259 g/mol. The van der Waals surface area contributed by atoms with E-state index in [1.165, 1.54) is 0 Å². The normalized spacial score (nSPS) is 19.9. The molecule has 0 heterocycles. The lowest BCUT2D eigenvalue weighted by Gasteiger charge is -2.25. The third-order valence-electron chi connectivity index (χ3n) is 3.47. The topological polar surface area (TPSA) is 66.4 Å². The number of rotatable bonds is 6. The predicted molar refractivity (Wildman–Crippen MR) is 69.1 cm³/mol. The standard InChI is InChI=1S/C12H21NO3S/c1-12(6-3-4-7-12)11(16)13-9(10(14)15)5-8-17-2/h9H,3-8H2,1-2H3,(H,13,16)(H,14,15). The van der Waals surface area contributed by atoms with Crippen molar-refractivity contribution in [2.24, 2.45) is 5.41 Å². The Labute approximate surface area is 107 Å². The van der Waals surface area contributed by atoms with E-state index in [2.05, 4.69) is 5.32 Å². The third-order valence-corrected chi connectivity index (χ3v) is 4.11. The van der Waals surface area contributed by atoms with Gasteiger partial charge in [-0.2, -0.15) is 11.8 Å². The van der Waals surface area contributed by atoms with Crippen molar-refractivity contribution >= 4 is 23.6 Å². The van der Waals surface area contributed by atoms with E-state index in [4.69, 9.17) is 5.11 Å². The Bertz CT molecular complexity index is 287. The summed E-state index contributed by atoms with van der Waals surface area (Å²) in [5.74, 6) is -0.286. The Kier molecular flexibility index (Phi) is 5.31. The lowest BCUT2D eigenvalue weighted by molar-refractivity contribution is -0.143. The fourth-order valence-electron chi connectivity index (χ4n) is 2.21. The smallest absolute Gasteiger partial charge is 0.326 e. The van der Waals surface area contributed by atoms with Crippen LogP contribution < -0.4 is 5.32 Å². The lowest BCUT2D eigenvalue weighted by atomic mass is 9.87. The van der Waals surface area contributed by atoms with Crippen LogP contribution in [0.5, 0.6) is 0 Å². The fourth-order valence-corrected chi connectivity index (χ4v) is 2.68. The minimum absolute atomic E-state index is 0.0940. The zero-order valence-electron chi connectivity index (χ0n) is 10.5. The number of thioether (sulfide) groups is 1. The Morgan fingerprint density at radius 3 is 2.47 bits per heavy atom. The average molecular weight is 259 g/mol. The molecule has 17 heavy (non-hydrogen) atoms. The van der Waals surface area contributed by atoms with Crippen LogP contribution in [0, 0.1) is 5.41 Å². The van der Waals surface area contributed by atoms with Gasteiger partial charge in [0.05, 0.1) is 0 Å². The second-order valence-corrected chi connectivity index (χ2v) is 5.90. The summed E-state index contributed by atoms with van der Waals surface area (Å²) in [4.78, 5) is 23.1. The first-order chi connectivity index (χ1) is 7.99. The molecule has 1 rings (SSSR count). The highest BCUT2D eigenvalue weighted by Gasteiger charge is 2.37. The van der Waals surface area contributed by atoms with Crippen LogP contribution in [-0.2, 0) is 9.59 Å². The van der Waals surface area contributed by atoms with Gasteiger partial charge in [0.2, 0.25) is 5.91 Å². The highest BCUT2D eigenvalue weighted by molar-refractivity contribution is 7.98. The van der Waals surface area contributed by atoms with Crippen LogP contribution in [0.15, 0.2) is 0 Å². The molecule has 1 atom stereocenters. The SMILES string of the molecule is CSCCC(NC(=O)C1(C)CCCC1)C(=O)O. The molecule has 0 aromatic carbocycles. The maximum Gasteiger partial charge on any atom is 0.326 e. The van der Waals surface area contributed by atoms with E-state index in [0.29, 0.717) is 6.42 Å². The zero-order valence-corrected chi connectivity index (χ0v) is 11.3. The molecule has 0 aliphatic heterocycles. The second kappa shape index (κ2) is 6.28. The quantitative estimate of drug-likeness (QED) is 0.764. The highest BCUT2D eigenvalue weighted by atomic mass is 32.2. The maximum atomic E-state index is 12.1. The van der Waals surface area contributed by atoms with Crippen molar-refractivity contribution in [3.05, 3.63) is 0 Å². The molecule has 1 aliphatic rings. The van der Waals surface area contributed by atoms with Gasteiger partial charge in [-0.05, 0) is 31.3 Å². The number of nitrogens with one attached hydrogen (secondary N) is 1. The van der Waals surface area contributed by atoms with Gasteiger partial charge in [0.15, 0.2) is 0 Å². The van der Waals surface area contributed by atoms with Crippen LogP contribution >= 0.6 is 11.8 Å². The third kappa shape index (κ3) is 3.91. The molecule has 0 saturated heterocycles. The van der Waals surface area contributed by atoms with E-state index in [0.717, 1.165) is 31.4 Å². The van der Waals surface area contributed by atoms with Gasteiger partial charge in [-0.3, -0.25) is 4.79 Å². The van der Waals surface area contributed by atoms with Gasteiger partial charge in [0.1, 0.15) is 6.04 Å². The molecular formula is C12H21NO3S. The number of amides is 1. The van der Waals surface area contributed by atoms with Crippen molar-refractivity contribution in [2.75, 3.05) is 12.0 Å². The Morgan fingerprint density at radius 1 is 1.41 bits per heavy atom. The predicted octanol–water partition coefficient (Wildman–Crippen LogP) is 1.89. The molecule has 5 heteroatoms. The molecular weight excluding hydrogens is 238 g/mol. The van der Waals surface area contributed by atoms with Crippen LogP contribution in [0.3, 0.4) is 0 Å².